The number of nitrogens with zero attached hydrogens (tertiary/aromatic N) is 3. The van der Waals surface area contributed by atoms with E-state index in [0.29, 0.717) is 23.5 Å². The number of aromatic nitrogens is 3. The molecule has 0 saturated heterocycles. The predicted octanol–water partition coefficient (Wildman–Crippen LogP) is 2.19. The minimum Gasteiger partial charge on any atom is -0.467 e. The molecule has 0 aliphatic heterocycles. The highest BCUT2D eigenvalue weighted by atomic mass is 35.5. The molecule has 6 nitrogen and oxygen atoms in total. The van der Waals surface area contributed by atoms with Gasteiger partial charge in [-0.3, -0.25) is 0 Å². The molecule has 0 atom stereocenters. The van der Waals surface area contributed by atoms with Crippen molar-refractivity contribution in [1.82, 2.24) is 15.0 Å². The maximum absolute atomic E-state index is 5.92. The minimum absolute atomic E-state index is 0.257. The number of hydrogen-bond donors (Lipinski definition) is 2. The van der Waals surface area contributed by atoms with Crippen molar-refractivity contribution in [2.24, 2.45) is 0 Å². The van der Waals surface area contributed by atoms with Gasteiger partial charge in [0.2, 0.25) is 11.9 Å². The number of methoxy groups -OCH3 is 1. The number of ether oxygens (including phenoxy) is 1. The second-order valence-electron chi connectivity index (χ2n) is 3.70. The highest BCUT2D eigenvalue weighted by Crippen LogP contribution is 2.14. The summed E-state index contributed by atoms with van der Waals surface area (Å²) in [5.74, 6) is 0.886. The molecule has 2 rings (SSSR count). The molecule has 1 heterocycles. The van der Waals surface area contributed by atoms with Gasteiger partial charge in [0.1, 0.15) is 0 Å². The Balaban J connectivity index is 2.10. The van der Waals surface area contributed by atoms with Crippen molar-refractivity contribution >= 4 is 23.5 Å². The van der Waals surface area contributed by atoms with Crippen LogP contribution < -0.4 is 15.4 Å². The first-order valence-electron chi connectivity index (χ1n) is 5.67. The molecule has 0 aliphatic rings. The largest absolute Gasteiger partial charge is 0.467 e. The standard InChI is InChI=1S/C12H14ClN5O/c1-14-10-16-11(18-12(17-10)19-2)15-7-8-4-3-5-9(13)6-8/h3-6H,7H2,1-2H3,(H2,14,15,16,17,18). The summed E-state index contributed by atoms with van der Waals surface area (Å²) in [6.07, 6.45) is 0. The van der Waals surface area contributed by atoms with Crippen molar-refractivity contribution in [1.29, 1.82) is 0 Å². The molecule has 1 aromatic carbocycles. The maximum Gasteiger partial charge on any atom is 0.322 e. The Morgan fingerprint density at radius 2 is 2.00 bits per heavy atom. The van der Waals surface area contributed by atoms with Crippen LogP contribution in [-0.2, 0) is 6.54 Å². The minimum atomic E-state index is 0.257. The molecule has 0 saturated carbocycles. The summed E-state index contributed by atoms with van der Waals surface area (Å²) < 4.78 is 5.01. The van der Waals surface area contributed by atoms with E-state index in [9.17, 15) is 0 Å². The lowest BCUT2D eigenvalue weighted by Gasteiger charge is -2.08. The van der Waals surface area contributed by atoms with E-state index in [-0.39, 0.29) is 6.01 Å². The third kappa shape index (κ3) is 3.69. The third-order valence-corrected chi connectivity index (χ3v) is 2.60. The van der Waals surface area contributed by atoms with E-state index < -0.39 is 0 Å². The molecular weight excluding hydrogens is 266 g/mol. The van der Waals surface area contributed by atoms with E-state index >= 15 is 0 Å². The summed E-state index contributed by atoms with van der Waals surface area (Å²) in [5, 5.41) is 6.64. The fraction of sp³-hybridized carbons (Fsp3) is 0.250. The number of halogens is 1. The lowest BCUT2D eigenvalue weighted by atomic mass is 10.2. The number of anilines is 2. The Labute approximate surface area is 116 Å². The van der Waals surface area contributed by atoms with Crippen LogP contribution in [0, 0.1) is 0 Å². The molecule has 2 N–H and O–H groups in total. The Kier molecular flexibility index (Phi) is 4.35. The highest BCUT2D eigenvalue weighted by molar-refractivity contribution is 6.30. The van der Waals surface area contributed by atoms with Crippen molar-refractivity contribution in [3.8, 4) is 6.01 Å². The first kappa shape index (κ1) is 13.4. The van der Waals surface area contributed by atoms with E-state index in [1.165, 1.54) is 7.11 Å². The van der Waals surface area contributed by atoms with Crippen molar-refractivity contribution in [2.75, 3.05) is 24.8 Å². The quantitative estimate of drug-likeness (QED) is 0.874. The Morgan fingerprint density at radius 3 is 2.68 bits per heavy atom. The lowest BCUT2D eigenvalue weighted by Crippen LogP contribution is -2.08. The van der Waals surface area contributed by atoms with Gasteiger partial charge < -0.3 is 15.4 Å². The molecule has 0 unspecified atom stereocenters. The number of hydrogen-bond acceptors (Lipinski definition) is 6. The summed E-state index contributed by atoms with van der Waals surface area (Å²) in [6, 6.07) is 7.83. The van der Waals surface area contributed by atoms with E-state index in [0.717, 1.165) is 5.56 Å². The topological polar surface area (TPSA) is 72.0 Å². The zero-order chi connectivity index (χ0) is 13.7. The fourth-order valence-electron chi connectivity index (χ4n) is 1.47. The van der Waals surface area contributed by atoms with Crippen molar-refractivity contribution in [2.45, 2.75) is 6.54 Å². The molecule has 100 valence electrons. The molecule has 0 aliphatic carbocycles. The van der Waals surface area contributed by atoms with Gasteiger partial charge in [0.15, 0.2) is 0 Å². The fourth-order valence-corrected chi connectivity index (χ4v) is 1.68. The second-order valence-corrected chi connectivity index (χ2v) is 4.14. The van der Waals surface area contributed by atoms with Crippen molar-refractivity contribution in [3.63, 3.8) is 0 Å². The lowest BCUT2D eigenvalue weighted by molar-refractivity contribution is 0.379. The van der Waals surface area contributed by atoms with Gasteiger partial charge in [-0.05, 0) is 17.7 Å². The molecule has 19 heavy (non-hydrogen) atoms. The zero-order valence-corrected chi connectivity index (χ0v) is 11.4. The van der Waals surface area contributed by atoms with Crippen LogP contribution in [0.15, 0.2) is 24.3 Å². The van der Waals surface area contributed by atoms with Gasteiger partial charge in [-0.1, -0.05) is 23.7 Å². The Bertz CT molecular complexity index is 541. The van der Waals surface area contributed by atoms with Crippen LogP contribution in [0.25, 0.3) is 0 Å². The summed E-state index contributed by atoms with van der Waals surface area (Å²) in [7, 11) is 3.24. The molecule has 2 aromatic rings. The van der Waals surface area contributed by atoms with Gasteiger partial charge >= 0.3 is 6.01 Å². The molecule has 7 heteroatoms. The molecular formula is C12H14ClN5O. The number of benzene rings is 1. The van der Waals surface area contributed by atoms with E-state index in [2.05, 4.69) is 25.6 Å². The van der Waals surface area contributed by atoms with Crippen LogP contribution in [0.4, 0.5) is 11.9 Å². The van der Waals surface area contributed by atoms with E-state index in [1.54, 1.807) is 7.05 Å². The Morgan fingerprint density at radius 1 is 1.21 bits per heavy atom. The summed E-state index contributed by atoms with van der Waals surface area (Å²) in [6.45, 7) is 0.566. The van der Waals surface area contributed by atoms with Gasteiger partial charge in [-0.2, -0.15) is 15.0 Å². The normalized spacial score (nSPS) is 10.1. The molecule has 1 aromatic heterocycles. The average Bonchev–Trinajstić information content (AvgIpc) is 2.44. The number of nitrogens with one attached hydrogen (secondary N) is 2. The SMILES string of the molecule is CNc1nc(NCc2cccc(Cl)c2)nc(OC)n1. The summed E-state index contributed by atoms with van der Waals surface area (Å²) >= 11 is 5.92. The molecule has 0 bridgehead atoms. The summed E-state index contributed by atoms with van der Waals surface area (Å²) in [4.78, 5) is 12.3. The van der Waals surface area contributed by atoms with Crippen LogP contribution in [0.1, 0.15) is 5.56 Å². The third-order valence-electron chi connectivity index (χ3n) is 2.36. The summed E-state index contributed by atoms with van der Waals surface area (Å²) in [5.41, 5.74) is 1.04. The first-order valence-corrected chi connectivity index (χ1v) is 6.05. The highest BCUT2D eigenvalue weighted by Gasteiger charge is 2.05. The van der Waals surface area contributed by atoms with Crippen LogP contribution in [-0.4, -0.2) is 29.1 Å². The van der Waals surface area contributed by atoms with E-state index in [4.69, 9.17) is 16.3 Å². The van der Waals surface area contributed by atoms with Crippen molar-refractivity contribution in [3.05, 3.63) is 34.9 Å². The second kappa shape index (κ2) is 6.19. The smallest absolute Gasteiger partial charge is 0.322 e. The molecule has 0 spiro atoms. The monoisotopic (exact) mass is 279 g/mol. The van der Waals surface area contributed by atoms with Crippen LogP contribution in [0.2, 0.25) is 5.02 Å². The van der Waals surface area contributed by atoms with Gasteiger partial charge in [0.25, 0.3) is 0 Å². The van der Waals surface area contributed by atoms with E-state index in [1.807, 2.05) is 24.3 Å². The molecule has 0 fully saturated rings. The van der Waals surface area contributed by atoms with Gasteiger partial charge in [-0.15, -0.1) is 0 Å². The van der Waals surface area contributed by atoms with Crippen molar-refractivity contribution < 1.29 is 4.74 Å². The van der Waals surface area contributed by atoms with Crippen LogP contribution in [0.5, 0.6) is 6.01 Å². The maximum atomic E-state index is 5.92. The number of rotatable bonds is 5. The van der Waals surface area contributed by atoms with Crippen LogP contribution >= 0.6 is 11.6 Å². The van der Waals surface area contributed by atoms with Gasteiger partial charge in [0, 0.05) is 18.6 Å². The predicted molar refractivity (Wildman–Crippen MR) is 74.7 cm³/mol. The average molecular weight is 280 g/mol. The first-order chi connectivity index (χ1) is 9.21. The van der Waals surface area contributed by atoms with Crippen LogP contribution in [0.3, 0.4) is 0 Å². The van der Waals surface area contributed by atoms with Gasteiger partial charge in [0.05, 0.1) is 7.11 Å². The molecule has 0 radical (unpaired) electrons. The molecule has 0 amide bonds. The zero-order valence-electron chi connectivity index (χ0n) is 10.6. The Hall–Kier alpha value is -2.08. The van der Waals surface area contributed by atoms with Gasteiger partial charge in [-0.25, -0.2) is 0 Å².